The standard InChI is InChI=1S/C24H30N6O3S/c1-15(18-4-3-7-26-12-18)8-21(31)29-23-22(25)19-6-5-16(9-20(19)34-23)14-33-24(32)27-10-17-11-28-30(2)13-17/h3-4,7,11-13,15-16H,5-6,8-10,14,25H2,1-2H3,(H,27,32)(H,29,31). The van der Waals surface area contributed by atoms with Crippen LogP contribution in [0.5, 0.6) is 0 Å². The zero-order valence-corrected chi connectivity index (χ0v) is 20.2. The number of hydrogen-bond donors (Lipinski definition) is 3. The second kappa shape index (κ2) is 10.7. The number of nitrogen functional groups attached to an aromatic ring is 1. The predicted octanol–water partition coefficient (Wildman–Crippen LogP) is 3.62. The first-order valence-corrected chi connectivity index (χ1v) is 12.2. The highest BCUT2D eigenvalue weighted by Crippen LogP contribution is 2.41. The van der Waals surface area contributed by atoms with Gasteiger partial charge in [0, 0.05) is 49.0 Å². The largest absolute Gasteiger partial charge is 0.449 e. The molecule has 9 nitrogen and oxygen atoms in total. The Labute approximate surface area is 202 Å². The van der Waals surface area contributed by atoms with Crippen LogP contribution in [0, 0.1) is 5.92 Å². The number of thiophene rings is 1. The molecule has 34 heavy (non-hydrogen) atoms. The van der Waals surface area contributed by atoms with Crippen LogP contribution in [0.2, 0.25) is 0 Å². The molecule has 3 heterocycles. The molecule has 4 rings (SSSR count). The number of carbonyl (C=O) groups excluding carboxylic acids is 2. The van der Waals surface area contributed by atoms with E-state index in [-0.39, 0.29) is 17.7 Å². The van der Waals surface area contributed by atoms with Gasteiger partial charge in [-0.1, -0.05) is 13.0 Å². The Hall–Kier alpha value is -3.40. The Morgan fingerprint density at radius 1 is 1.38 bits per heavy atom. The number of ether oxygens (including phenoxy) is 1. The first kappa shape index (κ1) is 23.7. The molecule has 0 aromatic carbocycles. The van der Waals surface area contributed by atoms with Crippen LogP contribution in [-0.4, -0.2) is 33.4 Å². The number of pyridine rings is 1. The third kappa shape index (κ3) is 5.93. The summed E-state index contributed by atoms with van der Waals surface area (Å²) in [5.41, 5.74) is 10.1. The number of hydrogen-bond acceptors (Lipinski definition) is 7. The summed E-state index contributed by atoms with van der Waals surface area (Å²) in [4.78, 5) is 30.0. The van der Waals surface area contributed by atoms with Crippen molar-refractivity contribution >= 4 is 34.0 Å². The normalized spacial score (nSPS) is 15.9. The Bertz CT molecular complexity index is 1140. The summed E-state index contributed by atoms with van der Waals surface area (Å²) in [6.07, 6.45) is 9.47. The van der Waals surface area contributed by atoms with Crippen LogP contribution in [0.15, 0.2) is 36.9 Å². The number of anilines is 2. The zero-order chi connectivity index (χ0) is 24.1. The Morgan fingerprint density at radius 2 is 2.24 bits per heavy atom. The molecule has 2 atom stereocenters. The molecular formula is C24H30N6O3S. The SMILES string of the molecule is CC(CC(=O)Nc1sc2c(c1N)CCC(COC(=O)NCc1cnn(C)c1)C2)c1cccnc1. The molecule has 10 heteroatoms. The van der Waals surface area contributed by atoms with Gasteiger partial charge in [0.05, 0.1) is 18.5 Å². The van der Waals surface area contributed by atoms with Gasteiger partial charge in [-0.2, -0.15) is 5.10 Å². The number of carbonyl (C=O) groups is 2. The van der Waals surface area contributed by atoms with Crippen LogP contribution in [0.4, 0.5) is 15.5 Å². The van der Waals surface area contributed by atoms with Gasteiger partial charge in [-0.15, -0.1) is 11.3 Å². The molecule has 3 aromatic heterocycles. The lowest BCUT2D eigenvalue weighted by Crippen LogP contribution is -2.27. The summed E-state index contributed by atoms with van der Waals surface area (Å²) in [5.74, 6) is 0.228. The van der Waals surface area contributed by atoms with Crippen molar-refractivity contribution in [2.24, 2.45) is 13.0 Å². The lowest BCUT2D eigenvalue weighted by atomic mass is 9.89. The summed E-state index contributed by atoms with van der Waals surface area (Å²) in [6, 6.07) is 3.85. The molecule has 0 spiro atoms. The topological polar surface area (TPSA) is 124 Å². The average Bonchev–Trinajstić information content (AvgIpc) is 3.39. The van der Waals surface area contributed by atoms with Crippen molar-refractivity contribution in [1.82, 2.24) is 20.1 Å². The van der Waals surface area contributed by atoms with Crippen LogP contribution in [0.25, 0.3) is 0 Å². The van der Waals surface area contributed by atoms with Gasteiger partial charge >= 0.3 is 6.09 Å². The maximum Gasteiger partial charge on any atom is 0.407 e. The number of fused-ring (bicyclic) bond motifs is 1. The molecule has 0 bridgehead atoms. The van der Waals surface area contributed by atoms with Gasteiger partial charge in [0.25, 0.3) is 0 Å². The monoisotopic (exact) mass is 482 g/mol. The van der Waals surface area contributed by atoms with E-state index in [2.05, 4.69) is 20.7 Å². The quantitative estimate of drug-likeness (QED) is 0.450. The van der Waals surface area contributed by atoms with Crippen molar-refractivity contribution < 1.29 is 14.3 Å². The smallest absolute Gasteiger partial charge is 0.407 e. The molecule has 0 radical (unpaired) electrons. The summed E-state index contributed by atoms with van der Waals surface area (Å²) in [7, 11) is 1.83. The molecule has 2 unspecified atom stereocenters. The van der Waals surface area contributed by atoms with E-state index in [4.69, 9.17) is 10.5 Å². The third-order valence-corrected chi connectivity index (χ3v) is 7.24. The highest BCUT2D eigenvalue weighted by atomic mass is 32.1. The highest BCUT2D eigenvalue weighted by molar-refractivity contribution is 7.17. The van der Waals surface area contributed by atoms with Crippen LogP contribution >= 0.6 is 11.3 Å². The van der Waals surface area contributed by atoms with Crippen molar-refractivity contribution in [2.75, 3.05) is 17.7 Å². The van der Waals surface area contributed by atoms with Crippen LogP contribution in [-0.2, 0) is 36.0 Å². The fraction of sp³-hybridized carbons (Fsp3) is 0.417. The fourth-order valence-electron chi connectivity index (χ4n) is 4.14. The minimum absolute atomic E-state index is 0.0631. The minimum atomic E-state index is -0.434. The molecule has 2 amide bonds. The number of nitrogens with two attached hydrogens (primary N) is 1. The second-order valence-corrected chi connectivity index (χ2v) is 9.87. The van der Waals surface area contributed by atoms with E-state index in [9.17, 15) is 9.59 Å². The lowest BCUT2D eigenvalue weighted by molar-refractivity contribution is -0.116. The number of amides is 2. The van der Waals surface area contributed by atoms with E-state index in [0.29, 0.717) is 30.3 Å². The van der Waals surface area contributed by atoms with Crippen molar-refractivity contribution in [1.29, 1.82) is 0 Å². The average molecular weight is 483 g/mol. The Kier molecular flexibility index (Phi) is 7.46. The molecule has 0 fully saturated rings. The summed E-state index contributed by atoms with van der Waals surface area (Å²) < 4.78 is 7.12. The molecule has 180 valence electrons. The number of nitrogens with one attached hydrogen (secondary N) is 2. The van der Waals surface area contributed by atoms with Gasteiger partial charge in [-0.25, -0.2) is 4.79 Å². The van der Waals surface area contributed by atoms with E-state index in [1.54, 1.807) is 23.3 Å². The molecule has 0 saturated carbocycles. The van der Waals surface area contributed by atoms with Gasteiger partial charge in [-0.3, -0.25) is 14.5 Å². The van der Waals surface area contributed by atoms with E-state index < -0.39 is 6.09 Å². The van der Waals surface area contributed by atoms with Crippen molar-refractivity contribution in [3.05, 3.63) is 58.5 Å². The number of rotatable bonds is 8. The molecular weight excluding hydrogens is 452 g/mol. The summed E-state index contributed by atoms with van der Waals surface area (Å²) in [5, 5.41) is 10.5. The Morgan fingerprint density at radius 3 is 2.97 bits per heavy atom. The van der Waals surface area contributed by atoms with Gasteiger partial charge < -0.3 is 21.1 Å². The summed E-state index contributed by atoms with van der Waals surface area (Å²) >= 11 is 1.53. The molecule has 0 saturated heterocycles. The minimum Gasteiger partial charge on any atom is -0.449 e. The molecule has 3 aromatic rings. The van der Waals surface area contributed by atoms with Crippen molar-refractivity contribution in [3.63, 3.8) is 0 Å². The molecule has 1 aliphatic rings. The maximum atomic E-state index is 12.6. The first-order chi connectivity index (χ1) is 16.4. The third-order valence-electron chi connectivity index (χ3n) is 6.05. The lowest BCUT2D eigenvalue weighted by Gasteiger charge is -2.22. The van der Waals surface area contributed by atoms with Crippen LogP contribution in [0.3, 0.4) is 0 Å². The first-order valence-electron chi connectivity index (χ1n) is 11.4. The fourth-order valence-corrected chi connectivity index (χ4v) is 5.44. The van der Waals surface area contributed by atoms with Crippen LogP contribution in [0.1, 0.15) is 47.3 Å². The van der Waals surface area contributed by atoms with Gasteiger partial charge in [0.1, 0.15) is 5.00 Å². The Balaban J connectivity index is 1.26. The van der Waals surface area contributed by atoms with E-state index in [0.717, 1.165) is 40.8 Å². The van der Waals surface area contributed by atoms with E-state index in [1.807, 2.05) is 32.3 Å². The van der Waals surface area contributed by atoms with Crippen molar-refractivity contribution in [2.45, 2.75) is 45.1 Å². The van der Waals surface area contributed by atoms with E-state index in [1.165, 1.54) is 11.3 Å². The molecule has 4 N–H and O–H groups in total. The van der Waals surface area contributed by atoms with Crippen molar-refractivity contribution in [3.8, 4) is 0 Å². The van der Waals surface area contributed by atoms with Gasteiger partial charge in [-0.05, 0) is 48.3 Å². The molecule has 1 aliphatic carbocycles. The van der Waals surface area contributed by atoms with Gasteiger partial charge in [0.15, 0.2) is 0 Å². The number of aryl methyl sites for hydroxylation is 1. The highest BCUT2D eigenvalue weighted by Gasteiger charge is 2.26. The summed E-state index contributed by atoms with van der Waals surface area (Å²) in [6.45, 7) is 2.74. The maximum absolute atomic E-state index is 12.6. The number of aromatic nitrogens is 3. The predicted molar refractivity (Wildman–Crippen MR) is 132 cm³/mol. The number of alkyl carbamates (subject to hydrolysis) is 1. The van der Waals surface area contributed by atoms with Gasteiger partial charge in [0.2, 0.25) is 5.91 Å². The van der Waals surface area contributed by atoms with Crippen LogP contribution < -0.4 is 16.4 Å². The number of nitrogens with zero attached hydrogens (tertiary/aromatic N) is 3. The van der Waals surface area contributed by atoms with E-state index >= 15 is 0 Å². The zero-order valence-electron chi connectivity index (χ0n) is 19.4. The molecule has 0 aliphatic heterocycles. The second-order valence-electron chi connectivity index (χ2n) is 8.77.